The van der Waals surface area contributed by atoms with E-state index in [9.17, 15) is 8.78 Å². The monoisotopic (exact) mass is 295 g/mol. The molecule has 3 rings (SSSR count). The van der Waals surface area contributed by atoms with Gasteiger partial charge < -0.3 is 4.74 Å². The molecule has 1 radical (unpaired) electrons. The fraction of sp³-hybridized carbons (Fsp3) is 0.0526. The van der Waals surface area contributed by atoms with Gasteiger partial charge in [-0.2, -0.15) is 0 Å². The van der Waals surface area contributed by atoms with Crippen LogP contribution in [0.5, 0.6) is 5.75 Å². The van der Waals surface area contributed by atoms with Crippen LogP contribution in [0, 0.1) is 17.7 Å². The minimum Gasteiger partial charge on any atom is -0.488 e. The number of ether oxygens (including phenoxy) is 1. The van der Waals surface area contributed by atoms with Crippen molar-refractivity contribution in [1.82, 2.24) is 0 Å². The highest BCUT2D eigenvalue weighted by atomic mass is 19.1. The van der Waals surface area contributed by atoms with Crippen LogP contribution in [-0.4, -0.2) is 0 Å². The molecule has 0 atom stereocenters. The normalized spacial score (nSPS) is 10.5. The molecule has 0 amide bonds. The van der Waals surface area contributed by atoms with Gasteiger partial charge in [-0.15, -0.1) is 0 Å². The first-order valence-corrected chi connectivity index (χ1v) is 6.87. The topological polar surface area (TPSA) is 9.23 Å². The average Bonchev–Trinajstić information content (AvgIpc) is 2.54. The predicted octanol–water partition coefficient (Wildman–Crippen LogP) is 5.01. The van der Waals surface area contributed by atoms with E-state index in [1.54, 1.807) is 30.3 Å². The molecule has 0 aliphatic heterocycles. The van der Waals surface area contributed by atoms with Gasteiger partial charge in [0.15, 0.2) is 0 Å². The smallest absolute Gasteiger partial charge is 0.131 e. The van der Waals surface area contributed by atoms with E-state index < -0.39 is 5.82 Å². The molecular formula is C19H13F2O. The Labute approximate surface area is 127 Å². The van der Waals surface area contributed by atoms with E-state index >= 15 is 0 Å². The van der Waals surface area contributed by atoms with Crippen molar-refractivity contribution in [2.75, 3.05) is 0 Å². The van der Waals surface area contributed by atoms with Crippen LogP contribution >= 0.6 is 0 Å². The summed E-state index contributed by atoms with van der Waals surface area (Å²) in [5, 5.41) is 0. The standard InChI is InChI=1S/C19H13F2O/c20-16-8-5-7-14(12-16)17-9-2-4-11-19(17)22-13-15-6-1-3-10-18(15)21/h1-7,9-12H,13H2. The highest BCUT2D eigenvalue weighted by molar-refractivity contribution is 5.70. The van der Waals surface area contributed by atoms with Crippen molar-refractivity contribution in [2.45, 2.75) is 6.61 Å². The van der Waals surface area contributed by atoms with Gasteiger partial charge >= 0.3 is 0 Å². The molecule has 0 fully saturated rings. The first-order valence-electron chi connectivity index (χ1n) is 6.87. The predicted molar refractivity (Wildman–Crippen MR) is 81.4 cm³/mol. The molecule has 0 N–H and O–H groups in total. The maximum absolute atomic E-state index is 13.6. The lowest BCUT2D eigenvalue weighted by Crippen LogP contribution is -1.99. The summed E-state index contributed by atoms with van der Waals surface area (Å²) >= 11 is 0. The second kappa shape index (κ2) is 6.39. The molecule has 0 saturated carbocycles. The third-order valence-corrected chi connectivity index (χ3v) is 3.31. The third-order valence-electron chi connectivity index (χ3n) is 3.31. The fourth-order valence-electron chi connectivity index (χ4n) is 2.21. The minimum absolute atomic E-state index is 0.116. The summed E-state index contributed by atoms with van der Waals surface area (Å²) in [5.41, 5.74) is 1.93. The van der Waals surface area contributed by atoms with Gasteiger partial charge in [0.25, 0.3) is 0 Å². The molecule has 0 bridgehead atoms. The molecule has 3 heteroatoms. The van der Waals surface area contributed by atoms with Crippen molar-refractivity contribution in [3.63, 3.8) is 0 Å². The first-order chi connectivity index (χ1) is 10.7. The molecule has 109 valence electrons. The highest BCUT2D eigenvalue weighted by Crippen LogP contribution is 2.30. The van der Waals surface area contributed by atoms with Crippen LogP contribution < -0.4 is 4.74 Å². The zero-order valence-corrected chi connectivity index (χ0v) is 11.7. The molecule has 0 aromatic heterocycles. The molecule has 0 heterocycles. The van der Waals surface area contributed by atoms with Gasteiger partial charge in [0, 0.05) is 17.2 Å². The van der Waals surface area contributed by atoms with Gasteiger partial charge in [-0.05, 0) is 23.8 Å². The summed E-state index contributed by atoms with van der Waals surface area (Å²) in [6.45, 7) is 0.116. The number of para-hydroxylation sites is 1. The van der Waals surface area contributed by atoms with Crippen LogP contribution in [0.4, 0.5) is 8.78 Å². The maximum Gasteiger partial charge on any atom is 0.131 e. The summed E-state index contributed by atoms with van der Waals surface area (Å²) < 4.78 is 32.7. The van der Waals surface area contributed by atoms with E-state index in [2.05, 4.69) is 6.07 Å². The Balaban J connectivity index is 1.87. The van der Waals surface area contributed by atoms with Crippen LogP contribution in [0.2, 0.25) is 0 Å². The van der Waals surface area contributed by atoms with Crippen molar-refractivity contribution >= 4 is 0 Å². The maximum atomic E-state index is 13.6. The summed E-state index contributed by atoms with van der Waals surface area (Å²) in [5.74, 6) is -0.155. The molecule has 0 unspecified atom stereocenters. The highest BCUT2D eigenvalue weighted by Gasteiger charge is 2.08. The van der Waals surface area contributed by atoms with Gasteiger partial charge in [-0.3, -0.25) is 0 Å². The molecule has 0 saturated heterocycles. The first kappa shape index (κ1) is 14.3. The Hall–Kier alpha value is -2.68. The quantitative estimate of drug-likeness (QED) is 0.657. The number of benzene rings is 3. The molecule has 0 aliphatic carbocycles. The number of halogens is 2. The molecule has 22 heavy (non-hydrogen) atoms. The Morgan fingerprint density at radius 2 is 1.68 bits per heavy atom. The third kappa shape index (κ3) is 3.14. The Morgan fingerprint density at radius 3 is 2.50 bits per heavy atom. The van der Waals surface area contributed by atoms with E-state index in [-0.39, 0.29) is 12.4 Å². The van der Waals surface area contributed by atoms with Gasteiger partial charge in [0.1, 0.15) is 24.0 Å². The SMILES string of the molecule is Fc1[c]ccc(-c2ccccc2OCc2ccccc2F)c1. The summed E-state index contributed by atoms with van der Waals surface area (Å²) in [7, 11) is 0. The van der Waals surface area contributed by atoms with Crippen LogP contribution in [0.15, 0.2) is 66.7 Å². The number of rotatable bonds is 4. The van der Waals surface area contributed by atoms with Gasteiger partial charge in [0.2, 0.25) is 0 Å². The largest absolute Gasteiger partial charge is 0.488 e. The zero-order chi connectivity index (χ0) is 15.4. The average molecular weight is 295 g/mol. The zero-order valence-electron chi connectivity index (χ0n) is 11.7. The Kier molecular flexibility index (Phi) is 4.15. The van der Waals surface area contributed by atoms with Gasteiger partial charge in [0.05, 0.1) is 0 Å². The molecule has 1 nitrogen and oxygen atoms in total. The summed E-state index contributed by atoms with van der Waals surface area (Å²) in [6, 6.07) is 20.9. The van der Waals surface area contributed by atoms with Crippen LogP contribution in [0.1, 0.15) is 5.56 Å². The number of hydrogen-bond donors (Lipinski definition) is 0. The summed E-state index contributed by atoms with van der Waals surface area (Å²) in [4.78, 5) is 0. The summed E-state index contributed by atoms with van der Waals surface area (Å²) in [6.07, 6.45) is 0. The van der Waals surface area contributed by atoms with E-state index in [0.29, 0.717) is 16.9 Å². The lowest BCUT2D eigenvalue weighted by atomic mass is 10.0. The Morgan fingerprint density at radius 1 is 0.909 bits per heavy atom. The van der Waals surface area contributed by atoms with Gasteiger partial charge in [-0.1, -0.05) is 48.5 Å². The van der Waals surface area contributed by atoms with E-state index in [4.69, 9.17) is 4.74 Å². The molecular weight excluding hydrogens is 282 g/mol. The lowest BCUT2D eigenvalue weighted by molar-refractivity contribution is 0.301. The second-order valence-corrected chi connectivity index (χ2v) is 4.80. The fourth-order valence-corrected chi connectivity index (χ4v) is 2.21. The Bertz CT molecular complexity index is 784. The lowest BCUT2D eigenvalue weighted by Gasteiger charge is -2.12. The van der Waals surface area contributed by atoms with Crippen LogP contribution in [0.25, 0.3) is 11.1 Å². The second-order valence-electron chi connectivity index (χ2n) is 4.80. The molecule has 0 spiro atoms. The van der Waals surface area contributed by atoms with E-state index in [0.717, 1.165) is 5.56 Å². The van der Waals surface area contributed by atoms with Gasteiger partial charge in [-0.25, -0.2) is 8.78 Å². The van der Waals surface area contributed by atoms with Crippen molar-refractivity contribution in [1.29, 1.82) is 0 Å². The van der Waals surface area contributed by atoms with Crippen LogP contribution in [-0.2, 0) is 6.61 Å². The minimum atomic E-state index is -0.429. The van der Waals surface area contributed by atoms with Crippen molar-refractivity contribution in [3.8, 4) is 16.9 Å². The van der Waals surface area contributed by atoms with Crippen molar-refractivity contribution in [2.24, 2.45) is 0 Å². The number of hydrogen-bond acceptors (Lipinski definition) is 1. The van der Waals surface area contributed by atoms with Crippen molar-refractivity contribution < 1.29 is 13.5 Å². The van der Waals surface area contributed by atoms with E-state index in [1.807, 2.05) is 18.2 Å². The van der Waals surface area contributed by atoms with E-state index in [1.165, 1.54) is 18.2 Å². The van der Waals surface area contributed by atoms with Crippen LogP contribution in [0.3, 0.4) is 0 Å². The molecule has 0 aliphatic rings. The van der Waals surface area contributed by atoms with Crippen molar-refractivity contribution in [3.05, 3.63) is 90.0 Å². The molecule has 3 aromatic carbocycles. The molecule has 3 aromatic rings.